The van der Waals surface area contributed by atoms with E-state index in [1.807, 2.05) is 12.1 Å². The van der Waals surface area contributed by atoms with Crippen LogP contribution in [0.1, 0.15) is 39.9 Å². The van der Waals surface area contributed by atoms with Crippen molar-refractivity contribution in [2.45, 2.75) is 44.2 Å². The molecule has 0 saturated carbocycles. The van der Waals surface area contributed by atoms with Crippen LogP contribution in [-0.4, -0.2) is 41.1 Å². The highest BCUT2D eigenvalue weighted by Crippen LogP contribution is 2.33. The highest BCUT2D eigenvalue weighted by Gasteiger charge is 2.34. The Morgan fingerprint density at radius 2 is 1.68 bits per heavy atom. The van der Waals surface area contributed by atoms with Gasteiger partial charge in [0.05, 0.1) is 6.10 Å². The van der Waals surface area contributed by atoms with Gasteiger partial charge in [0.1, 0.15) is 5.82 Å². The number of fused-ring (bicyclic) bond motifs is 1. The Balaban J connectivity index is 1.23. The molecule has 1 aliphatic carbocycles. The Morgan fingerprint density at radius 3 is 2.41 bits per heavy atom. The Morgan fingerprint density at radius 1 is 0.941 bits per heavy atom. The predicted molar refractivity (Wildman–Crippen MR) is 132 cm³/mol. The van der Waals surface area contributed by atoms with Crippen LogP contribution in [0, 0.1) is 11.7 Å². The molecule has 0 unspecified atom stereocenters. The van der Waals surface area contributed by atoms with E-state index in [1.165, 1.54) is 35.4 Å². The lowest BCUT2D eigenvalue weighted by Gasteiger charge is -2.42. The molecule has 0 bridgehead atoms. The number of benzene rings is 3. The smallest absolute Gasteiger partial charge is 0.255 e. The number of nitrogens with one attached hydrogen (secondary N) is 1. The second-order valence-corrected chi connectivity index (χ2v) is 9.62. The van der Waals surface area contributed by atoms with E-state index < -0.39 is 6.10 Å². The molecule has 1 saturated heterocycles. The molecule has 4 nitrogen and oxygen atoms in total. The highest BCUT2D eigenvalue weighted by atomic mass is 19.1. The number of halogens is 1. The average molecular weight is 459 g/mol. The molecule has 3 aromatic carbocycles. The molecule has 176 valence electrons. The zero-order valence-corrected chi connectivity index (χ0v) is 19.3. The number of anilines is 1. The van der Waals surface area contributed by atoms with Crippen molar-refractivity contribution in [2.24, 2.45) is 5.92 Å². The van der Waals surface area contributed by atoms with Crippen molar-refractivity contribution in [3.8, 4) is 0 Å². The summed E-state index contributed by atoms with van der Waals surface area (Å²) >= 11 is 0. The largest absolute Gasteiger partial charge is 0.391 e. The van der Waals surface area contributed by atoms with Crippen LogP contribution in [0.15, 0.2) is 72.8 Å². The molecule has 34 heavy (non-hydrogen) atoms. The van der Waals surface area contributed by atoms with Crippen LogP contribution >= 0.6 is 0 Å². The number of rotatable bonds is 5. The number of hydrogen-bond acceptors (Lipinski definition) is 3. The van der Waals surface area contributed by atoms with E-state index >= 15 is 0 Å². The van der Waals surface area contributed by atoms with Crippen molar-refractivity contribution in [1.82, 2.24) is 4.90 Å². The Bertz CT molecular complexity index is 1120. The van der Waals surface area contributed by atoms with Crippen molar-refractivity contribution < 1.29 is 14.3 Å². The molecule has 5 rings (SSSR count). The quantitative estimate of drug-likeness (QED) is 0.574. The van der Waals surface area contributed by atoms with E-state index in [-0.39, 0.29) is 17.8 Å². The van der Waals surface area contributed by atoms with E-state index in [1.54, 1.807) is 0 Å². The second-order valence-electron chi connectivity index (χ2n) is 9.62. The molecule has 1 fully saturated rings. The fraction of sp³-hybridized carbons (Fsp3) is 0.345. The first kappa shape index (κ1) is 22.8. The van der Waals surface area contributed by atoms with Crippen LogP contribution in [0.5, 0.6) is 0 Å². The lowest BCUT2D eigenvalue weighted by molar-refractivity contribution is 0.0239. The third-order valence-corrected chi connectivity index (χ3v) is 7.40. The molecule has 1 amide bonds. The predicted octanol–water partition coefficient (Wildman–Crippen LogP) is 4.86. The minimum Gasteiger partial charge on any atom is -0.391 e. The van der Waals surface area contributed by atoms with E-state index in [9.17, 15) is 14.3 Å². The summed E-state index contributed by atoms with van der Waals surface area (Å²) in [6, 6.07) is 22.3. The van der Waals surface area contributed by atoms with Crippen molar-refractivity contribution in [3.05, 3.63) is 101 Å². The van der Waals surface area contributed by atoms with E-state index in [0.29, 0.717) is 17.9 Å². The highest BCUT2D eigenvalue weighted by molar-refractivity contribution is 6.04. The lowest BCUT2D eigenvalue weighted by atomic mass is 9.82. The minimum absolute atomic E-state index is 0.105. The summed E-state index contributed by atoms with van der Waals surface area (Å²) in [5.41, 5.74) is 4.72. The van der Waals surface area contributed by atoms with Gasteiger partial charge in [-0.3, -0.25) is 9.69 Å². The van der Waals surface area contributed by atoms with Crippen molar-refractivity contribution in [1.29, 1.82) is 0 Å². The summed E-state index contributed by atoms with van der Waals surface area (Å²) < 4.78 is 13.2. The SMILES string of the molecule is O=C(Nc1cccc2c1C[C@@H](O)[C@H](N1CCC(Cc3ccccc3)CC1)C2)c1ccc(F)cc1. The Hall–Kier alpha value is -3.02. The van der Waals surface area contributed by atoms with Crippen LogP contribution in [-0.2, 0) is 19.3 Å². The summed E-state index contributed by atoms with van der Waals surface area (Å²) in [4.78, 5) is 15.1. The number of amides is 1. The molecular formula is C29H31FN2O2. The lowest BCUT2D eigenvalue weighted by Crippen LogP contribution is -2.51. The topological polar surface area (TPSA) is 52.6 Å². The van der Waals surface area contributed by atoms with Gasteiger partial charge in [0, 0.05) is 23.7 Å². The first-order chi connectivity index (χ1) is 16.6. The number of hydrogen-bond donors (Lipinski definition) is 2. The van der Waals surface area contributed by atoms with Gasteiger partial charge in [-0.05, 0) is 91.7 Å². The van der Waals surface area contributed by atoms with Crippen molar-refractivity contribution >= 4 is 11.6 Å². The van der Waals surface area contributed by atoms with Gasteiger partial charge in [-0.1, -0.05) is 42.5 Å². The molecule has 0 aromatic heterocycles. The molecule has 2 atom stereocenters. The molecule has 0 spiro atoms. The molecule has 3 aromatic rings. The van der Waals surface area contributed by atoms with Crippen LogP contribution in [0.2, 0.25) is 0 Å². The van der Waals surface area contributed by atoms with Gasteiger partial charge in [0.2, 0.25) is 0 Å². The second kappa shape index (κ2) is 10.1. The van der Waals surface area contributed by atoms with Gasteiger partial charge in [-0.15, -0.1) is 0 Å². The maximum absolute atomic E-state index is 13.2. The zero-order valence-electron chi connectivity index (χ0n) is 19.3. The minimum atomic E-state index is -0.470. The summed E-state index contributed by atoms with van der Waals surface area (Å²) in [5, 5.41) is 14.0. The molecule has 5 heteroatoms. The van der Waals surface area contributed by atoms with Gasteiger partial charge in [0.15, 0.2) is 0 Å². The third kappa shape index (κ3) is 5.06. The van der Waals surface area contributed by atoms with Gasteiger partial charge in [-0.2, -0.15) is 0 Å². The number of carbonyl (C=O) groups excluding carboxylic acids is 1. The first-order valence-corrected chi connectivity index (χ1v) is 12.2. The van der Waals surface area contributed by atoms with Crippen LogP contribution < -0.4 is 5.32 Å². The molecule has 0 radical (unpaired) electrons. The Kier molecular flexibility index (Phi) is 6.75. The van der Waals surface area contributed by atoms with Gasteiger partial charge in [0.25, 0.3) is 5.91 Å². The summed E-state index contributed by atoms with van der Waals surface area (Å²) in [6.07, 6.45) is 4.26. The van der Waals surface area contributed by atoms with Crippen LogP contribution in [0.25, 0.3) is 0 Å². The maximum atomic E-state index is 13.2. The fourth-order valence-corrected chi connectivity index (χ4v) is 5.49. The third-order valence-electron chi connectivity index (χ3n) is 7.40. The number of aliphatic hydroxyl groups excluding tert-OH is 1. The molecule has 1 heterocycles. The molecule has 1 aliphatic heterocycles. The molecule has 2 N–H and O–H groups in total. The number of likely N-dealkylation sites (tertiary alicyclic amines) is 1. The normalized spacial score (nSPS) is 21.1. The van der Waals surface area contributed by atoms with Crippen LogP contribution in [0.3, 0.4) is 0 Å². The standard InChI is InChI=1S/C29H31FN2O2/c30-24-11-9-22(10-12-24)29(34)31-26-8-4-7-23-18-27(28(33)19-25(23)26)32-15-13-21(14-16-32)17-20-5-2-1-3-6-20/h1-12,21,27-28,33H,13-19H2,(H,31,34)/t27-,28-/m1/s1. The van der Waals surface area contributed by atoms with Gasteiger partial charge in [-0.25, -0.2) is 4.39 Å². The van der Waals surface area contributed by atoms with Gasteiger partial charge < -0.3 is 10.4 Å². The first-order valence-electron chi connectivity index (χ1n) is 12.2. The number of carbonyl (C=O) groups is 1. The maximum Gasteiger partial charge on any atom is 0.255 e. The van der Waals surface area contributed by atoms with Crippen LogP contribution in [0.4, 0.5) is 10.1 Å². The van der Waals surface area contributed by atoms with E-state index in [2.05, 4.69) is 46.6 Å². The number of nitrogens with zero attached hydrogens (tertiary/aromatic N) is 1. The number of aliphatic hydroxyl groups is 1. The molecular weight excluding hydrogens is 427 g/mol. The molecule has 2 aliphatic rings. The zero-order chi connectivity index (χ0) is 23.5. The van der Waals surface area contributed by atoms with Crippen molar-refractivity contribution in [3.63, 3.8) is 0 Å². The van der Waals surface area contributed by atoms with Crippen molar-refractivity contribution in [2.75, 3.05) is 18.4 Å². The summed E-state index contributed by atoms with van der Waals surface area (Å²) in [6.45, 7) is 2.02. The monoisotopic (exact) mass is 458 g/mol. The van der Waals surface area contributed by atoms with Gasteiger partial charge >= 0.3 is 0 Å². The average Bonchev–Trinajstić information content (AvgIpc) is 2.86. The number of piperidine rings is 1. The van der Waals surface area contributed by atoms with E-state index in [0.717, 1.165) is 50.0 Å². The van der Waals surface area contributed by atoms with E-state index in [4.69, 9.17) is 0 Å². The Labute approximate surface area is 200 Å². The fourth-order valence-electron chi connectivity index (χ4n) is 5.49. The summed E-state index contributed by atoms with van der Waals surface area (Å²) in [5.74, 6) is 0.0531. The summed E-state index contributed by atoms with van der Waals surface area (Å²) in [7, 11) is 0.